The molecule has 3 nitrogen and oxygen atoms in total. The molecule has 0 aliphatic heterocycles. The Morgan fingerprint density at radius 3 is 2.54 bits per heavy atom. The molecule has 0 atom stereocenters. The molecular formula is C19H15BrFNO2. The van der Waals surface area contributed by atoms with Crippen LogP contribution in [0.3, 0.4) is 0 Å². The molecular weight excluding hydrogens is 373 g/mol. The topological polar surface area (TPSA) is 56.2 Å². The van der Waals surface area contributed by atoms with Crippen LogP contribution in [0.2, 0.25) is 0 Å². The van der Waals surface area contributed by atoms with Gasteiger partial charge in [-0.15, -0.1) is 0 Å². The molecule has 3 aromatic rings. The highest BCUT2D eigenvalue weighted by molar-refractivity contribution is 9.10. The third kappa shape index (κ3) is 2.44. The summed E-state index contributed by atoms with van der Waals surface area (Å²) in [6.45, 7) is 0. The number of hydrogen-bond donors (Lipinski definition) is 1. The number of hydrogen-bond acceptors (Lipinski definition) is 3. The smallest absolute Gasteiger partial charge is 0.231 e. The first-order valence-corrected chi connectivity index (χ1v) is 8.67. The number of nitrogens with two attached hydrogens (primary N) is 1. The summed E-state index contributed by atoms with van der Waals surface area (Å²) < 4.78 is 19.4. The van der Waals surface area contributed by atoms with Gasteiger partial charge in [-0.05, 0) is 83.1 Å². The summed E-state index contributed by atoms with van der Waals surface area (Å²) >= 11 is 3.22. The molecule has 0 radical (unpaired) electrons. The minimum absolute atomic E-state index is 0.111. The number of halogens is 2. The Kier molecular flexibility index (Phi) is 3.68. The molecule has 0 saturated heterocycles. The molecule has 0 fully saturated rings. The van der Waals surface area contributed by atoms with Crippen molar-refractivity contribution in [2.45, 2.75) is 25.7 Å². The molecule has 0 spiro atoms. The van der Waals surface area contributed by atoms with Gasteiger partial charge < -0.3 is 10.2 Å². The van der Waals surface area contributed by atoms with Crippen LogP contribution in [0.5, 0.6) is 0 Å². The van der Waals surface area contributed by atoms with E-state index in [2.05, 4.69) is 15.9 Å². The van der Waals surface area contributed by atoms with Gasteiger partial charge in [0.05, 0.1) is 5.69 Å². The van der Waals surface area contributed by atoms with Gasteiger partial charge in [-0.1, -0.05) is 0 Å². The SMILES string of the molecule is Nc1c(C(=O)c2ccc(F)cc2Br)oc2cc3c(cc12)CCCC3. The number of carbonyl (C=O) groups excluding carboxylic acids is 1. The lowest BCUT2D eigenvalue weighted by Gasteiger charge is -2.14. The molecule has 2 N–H and O–H groups in total. The lowest BCUT2D eigenvalue weighted by Crippen LogP contribution is -2.04. The molecule has 1 aliphatic carbocycles. The van der Waals surface area contributed by atoms with Crippen molar-refractivity contribution < 1.29 is 13.6 Å². The van der Waals surface area contributed by atoms with E-state index in [9.17, 15) is 9.18 Å². The predicted molar refractivity (Wildman–Crippen MR) is 94.8 cm³/mol. The number of rotatable bonds is 2. The van der Waals surface area contributed by atoms with E-state index in [-0.39, 0.29) is 11.5 Å². The second-order valence-electron chi connectivity index (χ2n) is 6.12. The van der Waals surface area contributed by atoms with Crippen LogP contribution in [0, 0.1) is 5.82 Å². The minimum atomic E-state index is -0.413. The normalized spacial score (nSPS) is 13.9. The average molecular weight is 388 g/mol. The van der Waals surface area contributed by atoms with Gasteiger partial charge in [-0.2, -0.15) is 0 Å². The third-order valence-corrected chi connectivity index (χ3v) is 5.23. The highest BCUT2D eigenvalue weighted by atomic mass is 79.9. The van der Waals surface area contributed by atoms with Crippen molar-refractivity contribution in [1.29, 1.82) is 0 Å². The lowest BCUT2D eigenvalue weighted by molar-refractivity contribution is 0.101. The summed E-state index contributed by atoms with van der Waals surface area (Å²) in [5.41, 5.74) is 10.0. The third-order valence-electron chi connectivity index (χ3n) is 4.57. The molecule has 0 unspecified atom stereocenters. The lowest BCUT2D eigenvalue weighted by atomic mass is 9.90. The number of anilines is 1. The highest BCUT2D eigenvalue weighted by Crippen LogP contribution is 2.35. The van der Waals surface area contributed by atoms with Crippen LogP contribution in [0.15, 0.2) is 39.2 Å². The Morgan fingerprint density at radius 2 is 1.83 bits per heavy atom. The van der Waals surface area contributed by atoms with Gasteiger partial charge in [0.15, 0.2) is 5.76 Å². The molecule has 2 aromatic carbocycles. The molecule has 4 rings (SSSR count). The van der Waals surface area contributed by atoms with Gasteiger partial charge in [-0.25, -0.2) is 4.39 Å². The zero-order chi connectivity index (χ0) is 16.8. The van der Waals surface area contributed by atoms with Crippen LogP contribution >= 0.6 is 15.9 Å². The fourth-order valence-electron chi connectivity index (χ4n) is 3.31. The molecule has 0 amide bonds. The Labute approximate surface area is 146 Å². The van der Waals surface area contributed by atoms with Gasteiger partial charge in [0.1, 0.15) is 11.4 Å². The van der Waals surface area contributed by atoms with Gasteiger partial charge in [0, 0.05) is 15.4 Å². The van der Waals surface area contributed by atoms with E-state index in [0.29, 0.717) is 21.3 Å². The van der Waals surface area contributed by atoms with Crippen LogP contribution in [0.4, 0.5) is 10.1 Å². The van der Waals surface area contributed by atoms with E-state index < -0.39 is 5.82 Å². The van der Waals surface area contributed by atoms with Crippen LogP contribution in [0.1, 0.15) is 40.1 Å². The van der Waals surface area contributed by atoms with Crippen molar-refractivity contribution in [3.8, 4) is 0 Å². The van der Waals surface area contributed by atoms with E-state index in [1.807, 2.05) is 12.1 Å². The summed E-state index contributed by atoms with van der Waals surface area (Å²) in [4.78, 5) is 12.8. The van der Waals surface area contributed by atoms with Crippen LogP contribution in [0.25, 0.3) is 11.0 Å². The van der Waals surface area contributed by atoms with Crippen molar-refractivity contribution >= 4 is 38.4 Å². The number of ketones is 1. The average Bonchev–Trinajstić information content (AvgIpc) is 2.88. The monoisotopic (exact) mass is 387 g/mol. The number of carbonyl (C=O) groups is 1. The van der Waals surface area contributed by atoms with Gasteiger partial charge >= 0.3 is 0 Å². The molecule has 1 aromatic heterocycles. The zero-order valence-electron chi connectivity index (χ0n) is 12.9. The largest absolute Gasteiger partial charge is 0.450 e. The molecule has 5 heteroatoms. The van der Waals surface area contributed by atoms with E-state index in [0.717, 1.165) is 18.2 Å². The fourth-order valence-corrected chi connectivity index (χ4v) is 3.84. The second kappa shape index (κ2) is 5.74. The number of furan rings is 1. The fraction of sp³-hybridized carbons (Fsp3) is 0.211. The summed E-state index contributed by atoms with van der Waals surface area (Å²) in [7, 11) is 0. The summed E-state index contributed by atoms with van der Waals surface area (Å²) in [6.07, 6.45) is 4.40. The first-order chi connectivity index (χ1) is 11.5. The standard InChI is InChI=1S/C19H15BrFNO2/c20-15-9-12(21)5-6-13(15)18(23)19-17(22)14-7-10-3-1-2-4-11(10)8-16(14)24-19/h5-9H,1-4,22H2. The zero-order valence-corrected chi connectivity index (χ0v) is 14.5. The maximum atomic E-state index is 13.2. The quantitative estimate of drug-likeness (QED) is 0.627. The van der Waals surface area contributed by atoms with Crippen LogP contribution < -0.4 is 5.73 Å². The predicted octanol–water partition coefficient (Wildman–Crippen LogP) is 5.03. The van der Waals surface area contributed by atoms with Crippen molar-refractivity contribution in [2.75, 3.05) is 5.73 Å². The number of aryl methyl sites for hydroxylation is 2. The summed E-state index contributed by atoms with van der Waals surface area (Å²) in [6, 6.07) is 7.97. The molecule has 24 heavy (non-hydrogen) atoms. The van der Waals surface area contributed by atoms with Crippen molar-refractivity contribution in [3.63, 3.8) is 0 Å². The highest BCUT2D eigenvalue weighted by Gasteiger charge is 2.23. The van der Waals surface area contributed by atoms with Crippen LogP contribution in [-0.2, 0) is 12.8 Å². The van der Waals surface area contributed by atoms with E-state index in [4.69, 9.17) is 10.2 Å². The van der Waals surface area contributed by atoms with Gasteiger partial charge in [-0.3, -0.25) is 4.79 Å². The maximum absolute atomic E-state index is 13.2. The van der Waals surface area contributed by atoms with Gasteiger partial charge in [0.2, 0.25) is 5.78 Å². The number of fused-ring (bicyclic) bond motifs is 2. The van der Waals surface area contributed by atoms with Crippen molar-refractivity contribution in [1.82, 2.24) is 0 Å². The number of benzene rings is 2. The Morgan fingerprint density at radius 1 is 1.12 bits per heavy atom. The molecule has 0 saturated carbocycles. The Balaban J connectivity index is 1.84. The Bertz CT molecular complexity index is 977. The first kappa shape index (κ1) is 15.4. The van der Waals surface area contributed by atoms with E-state index >= 15 is 0 Å². The minimum Gasteiger partial charge on any atom is -0.450 e. The molecule has 1 heterocycles. The van der Waals surface area contributed by atoms with Crippen molar-refractivity contribution in [2.24, 2.45) is 0 Å². The van der Waals surface area contributed by atoms with Crippen LogP contribution in [-0.4, -0.2) is 5.78 Å². The Hall–Kier alpha value is -2.14. The molecule has 1 aliphatic rings. The van der Waals surface area contributed by atoms with E-state index in [1.165, 1.54) is 42.2 Å². The van der Waals surface area contributed by atoms with E-state index in [1.54, 1.807) is 0 Å². The number of nitrogen functional groups attached to an aromatic ring is 1. The van der Waals surface area contributed by atoms with Gasteiger partial charge in [0.25, 0.3) is 0 Å². The summed E-state index contributed by atoms with van der Waals surface area (Å²) in [5.74, 6) is -0.656. The second-order valence-corrected chi connectivity index (χ2v) is 6.98. The summed E-state index contributed by atoms with van der Waals surface area (Å²) in [5, 5.41) is 0.775. The van der Waals surface area contributed by atoms with Crippen molar-refractivity contribution in [3.05, 3.63) is 63.1 Å². The molecule has 0 bridgehead atoms. The molecule has 122 valence electrons. The first-order valence-electron chi connectivity index (χ1n) is 7.88. The maximum Gasteiger partial charge on any atom is 0.231 e.